The molecule has 5 nitrogen and oxygen atoms in total. The SMILES string of the molecule is COc1ccc(C2Nc3ccccc3NC3=C2C(=O)CC(c2ccc(C)cc2)C3)c(OC)c1. The Hall–Kier alpha value is -3.73. The number of nitrogens with one attached hydrogen (secondary N) is 2. The standard InChI is InChI=1S/C28H28N2O3/c1-17-8-10-18(11-9-17)19-14-24-27(25(31)15-19)28(30-23-7-5-4-6-22(23)29-24)21-13-12-20(32-2)16-26(21)33-3/h4-13,16,19,28-30H,14-15H2,1-3H3. The average Bonchev–Trinajstić information content (AvgIpc) is 3.00. The number of methoxy groups -OCH3 is 2. The van der Waals surface area contributed by atoms with Gasteiger partial charge in [0.2, 0.25) is 0 Å². The first-order chi connectivity index (χ1) is 16.1. The lowest BCUT2D eigenvalue weighted by molar-refractivity contribution is -0.116. The van der Waals surface area contributed by atoms with E-state index in [9.17, 15) is 4.79 Å². The van der Waals surface area contributed by atoms with Crippen molar-refractivity contribution in [2.45, 2.75) is 31.7 Å². The summed E-state index contributed by atoms with van der Waals surface area (Å²) in [4.78, 5) is 13.7. The number of carbonyl (C=O) groups excluding carboxylic acids is 1. The van der Waals surface area contributed by atoms with E-state index in [4.69, 9.17) is 9.47 Å². The molecule has 33 heavy (non-hydrogen) atoms. The number of carbonyl (C=O) groups is 1. The van der Waals surface area contributed by atoms with Crippen LogP contribution in [0, 0.1) is 6.92 Å². The number of Topliss-reactive ketones (excluding diaryl/α,β-unsaturated/α-hetero) is 1. The van der Waals surface area contributed by atoms with E-state index in [1.54, 1.807) is 14.2 Å². The van der Waals surface area contributed by atoms with Crippen LogP contribution >= 0.6 is 0 Å². The van der Waals surface area contributed by atoms with Crippen molar-refractivity contribution in [3.63, 3.8) is 0 Å². The van der Waals surface area contributed by atoms with Gasteiger partial charge in [0.25, 0.3) is 0 Å². The normalized spacial score (nSPS) is 19.5. The third-order valence-electron chi connectivity index (χ3n) is 6.61. The summed E-state index contributed by atoms with van der Waals surface area (Å²) in [5.74, 6) is 1.70. The second-order valence-corrected chi connectivity index (χ2v) is 8.69. The zero-order valence-electron chi connectivity index (χ0n) is 19.1. The van der Waals surface area contributed by atoms with Crippen molar-refractivity contribution < 1.29 is 14.3 Å². The fourth-order valence-electron chi connectivity index (χ4n) is 4.86. The third-order valence-corrected chi connectivity index (χ3v) is 6.61. The number of allylic oxidation sites excluding steroid dienone is 1. The van der Waals surface area contributed by atoms with E-state index in [0.29, 0.717) is 17.9 Å². The summed E-state index contributed by atoms with van der Waals surface area (Å²) in [6.07, 6.45) is 1.26. The van der Waals surface area contributed by atoms with Gasteiger partial charge in [0, 0.05) is 29.3 Å². The Labute approximate surface area is 194 Å². The van der Waals surface area contributed by atoms with Gasteiger partial charge in [-0.2, -0.15) is 0 Å². The van der Waals surface area contributed by atoms with E-state index < -0.39 is 0 Å². The molecule has 0 amide bonds. The van der Waals surface area contributed by atoms with Crippen LogP contribution in [0.1, 0.15) is 41.5 Å². The maximum Gasteiger partial charge on any atom is 0.163 e. The summed E-state index contributed by atoms with van der Waals surface area (Å²) in [5.41, 5.74) is 7.00. The van der Waals surface area contributed by atoms with Crippen LogP contribution in [0.25, 0.3) is 0 Å². The lowest BCUT2D eigenvalue weighted by Gasteiger charge is -2.30. The first kappa shape index (κ1) is 21.1. The highest BCUT2D eigenvalue weighted by Crippen LogP contribution is 2.46. The average molecular weight is 441 g/mol. The number of aryl methyl sites for hydroxylation is 1. The molecule has 1 aliphatic carbocycles. The number of anilines is 2. The molecule has 0 fully saturated rings. The Bertz CT molecular complexity index is 1230. The van der Waals surface area contributed by atoms with Gasteiger partial charge in [-0.15, -0.1) is 0 Å². The molecule has 0 aromatic heterocycles. The predicted molar refractivity (Wildman–Crippen MR) is 131 cm³/mol. The van der Waals surface area contributed by atoms with Crippen LogP contribution in [0.5, 0.6) is 11.5 Å². The number of fused-ring (bicyclic) bond motifs is 1. The minimum Gasteiger partial charge on any atom is -0.497 e. The highest BCUT2D eigenvalue weighted by atomic mass is 16.5. The van der Waals surface area contributed by atoms with Crippen molar-refractivity contribution >= 4 is 17.2 Å². The molecule has 2 unspecified atom stereocenters. The lowest BCUT2D eigenvalue weighted by Crippen LogP contribution is -2.27. The fourth-order valence-corrected chi connectivity index (χ4v) is 4.86. The lowest BCUT2D eigenvalue weighted by atomic mass is 9.78. The Balaban J connectivity index is 1.62. The van der Waals surface area contributed by atoms with Gasteiger partial charge in [-0.25, -0.2) is 0 Å². The van der Waals surface area contributed by atoms with E-state index in [-0.39, 0.29) is 17.7 Å². The van der Waals surface area contributed by atoms with Crippen LogP contribution in [0.3, 0.4) is 0 Å². The molecule has 168 valence electrons. The molecule has 2 atom stereocenters. The Morgan fingerprint density at radius 1 is 0.879 bits per heavy atom. The fraction of sp³-hybridized carbons (Fsp3) is 0.250. The monoisotopic (exact) mass is 440 g/mol. The number of ether oxygens (including phenoxy) is 2. The van der Waals surface area contributed by atoms with E-state index >= 15 is 0 Å². The Kier molecular flexibility index (Phi) is 5.55. The molecular formula is C28H28N2O3. The van der Waals surface area contributed by atoms with Gasteiger partial charge in [0.15, 0.2) is 5.78 Å². The molecule has 1 heterocycles. The highest BCUT2D eigenvalue weighted by molar-refractivity contribution is 6.01. The summed E-state index contributed by atoms with van der Waals surface area (Å²) in [6.45, 7) is 2.08. The minimum atomic E-state index is -0.330. The number of para-hydroxylation sites is 2. The summed E-state index contributed by atoms with van der Waals surface area (Å²) in [7, 11) is 3.28. The van der Waals surface area contributed by atoms with Crippen molar-refractivity contribution in [1.82, 2.24) is 0 Å². The molecule has 1 aliphatic heterocycles. The van der Waals surface area contributed by atoms with Crippen molar-refractivity contribution in [2.24, 2.45) is 0 Å². The molecule has 0 saturated heterocycles. The smallest absolute Gasteiger partial charge is 0.163 e. The molecule has 0 spiro atoms. The maximum absolute atomic E-state index is 13.7. The molecule has 0 radical (unpaired) electrons. The van der Waals surface area contributed by atoms with Gasteiger partial charge in [-0.05, 0) is 49.1 Å². The van der Waals surface area contributed by atoms with Gasteiger partial charge >= 0.3 is 0 Å². The topological polar surface area (TPSA) is 59.6 Å². The molecule has 3 aromatic carbocycles. The van der Waals surface area contributed by atoms with Gasteiger partial charge in [-0.3, -0.25) is 4.79 Å². The number of ketones is 1. The molecule has 2 aliphatic rings. The second kappa shape index (κ2) is 8.66. The first-order valence-electron chi connectivity index (χ1n) is 11.2. The van der Waals surface area contributed by atoms with Crippen molar-refractivity contribution in [3.05, 3.63) is 94.7 Å². The van der Waals surface area contributed by atoms with Crippen molar-refractivity contribution in [2.75, 3.05) is 24.9 Å². The van der Waals surface area contributed by atoms with Crippen LogP contribution < -0.4 is 20.1 Å². The quantitative estimate of drug-likeness (QED) is 0.522. The van der Waals surface area contributed by atoms with Crippen LogP contribution in [0.15, 0.2) is 78.0 Å². The summed E-state index contributed by atoms with van der Waals surface area (Å²) in [5, 5.41) is 7.21. The van der Waals surface area contributed by atoms with Gasteiger partial charge in [0.1, 0.15) is 11.5 Å². The largest absolute Gasteiger partial charge is 0.497 e. The van der Waals surface area contributed by atoms with Gasteiger partial charge in [0.05, 0.1) is 31.6 Å². The van der Waals surface area contributed by atoms with E-state index in [2.05, 4.69) is 41.8 Å². The van der Waals surface area contributed by atoms with E-state index in [1.165, 1.54) is 11.1 Å². The molecule has 3 aromatic rings. The summed E-state index contributed by atoms with van der Waals surface area (Å²) in [6, 6.07) is 22.0. The Morgan fingerprint density at radius 2 is 1.64 bits per heavy atom. The van der Waals surface area contributed by atoms with Crippen LogP contribution in [0.2, 0.25) is 0 Å². The number of hydrogen-bond donors (Lipinski definition) is 2. The number of hydrogen-bond acceptors (Lipinski definition) is 5. The van der Waals surface area contributed by atoms with Gasteiger partial charge in [-0.1, -0.05) is 42.0 Å². The van der Waals surface area contributed by atoms with E-state index in [1.807, 2.05) is 42.5 Å². The van der Waals surface area contributed by atoms with Gasteiger partial charge < -0.3 is 20.1 Å². The van der Waals surface area contributed by atoms with Crippen LogP contribution in [-0.4, -0.2) is 20.0 Å². The van der Waals surface area contributed by atoms with Crippen molar-refractivity contribution in [1.29, 1.82) is 0 Å². The second-order valence-electron chi connectivity index (χ2n) is 8.69. The minimum absolute atomic E-state index is 0.146. The zero-order chi connectivity index (χ0) is 22.9. The molecular weight excluding hydrogens is 412 g/mol. The Morgan fingerprint density at radius 3 is 2.36 bits per heavy atom. The molecule has 0 bridgehead atoms. The van der Waals surface area contributed by atoms with Crippen molar-refractivity contribution in [3.8, 4) is 11.5 Å². The third kappa shape index (κ3) is 3.95. The molecule has 5 rings (SSSR count). The number of rotatable bonds is 4. The van der Waals surface area contributed by atoms with E-state index in [0.717, 1.165) is 34.6 Å². The summed E-state index contributed by atoms with van der Waals surface area (Å²) >= 11 is 0. The first-order valence-corrected chi connectivity index (χ1v) is 11.2. The summed E-state index contributed by atoms with van der Waals surface area (Å²) < 4.78 is 11.1. The zero-order valence-corrected chi connectivity index (χ0v) is 19.1. The van der Waals surface area contributed by atoms with Crippen LogP contribution in [0.4, 0.5) is 11.4 Å². The highest BCUT2D eigenvalue weighted by Gasteiger charge is 2.37. The molecule has 0 saturated carbocycles. The predicted octanol–water partition coefficient (Wildman–Crippen LogP) is 5.99. The van der Waals surface area contributed by atoms with Crippen LogP contribution in [-0.2, 0) is 4.79 Å². The number of benzene rings is 3. The molecule has 2 N–H and O–H groups in total. The molecule has 5 heteroatoms. The maximum atomic E-state index is 13.7.